The summed E-state index contributed by atoms with van der Waals surface area (Å²) in [6, 6.07) is 24.7. The minimum absolute atomic E-state index is 0.260. The summed E-state index contributed by atoms with van der Waals surface area (Å²) in [5, 5.41) is 10.3. The van der Waals surface area contributed by atoms with E-state index in [0.717, 1.165) is 60.0 Å². The van der Waals surface area contributed by atoms with Gasteiger partial charge in [0.05, 0.1) is 20.3 Å². The molecule has 0 aliphatic heterocycles. The zero-order valence-corrected chi connectivity index (χ0v) is 31.3. The molecule has 0 bridgehead atoms. The molecule has 1 aliphatic carbocycles. The van der Waals surface area contributed by atoms with Gasteiger partial charge in [-0.15, -0.1) is 0 Å². The zero-order chi connectivity index (χ0) is 37.0. The van der Waals surface area contributed by atoms with Crippen LogP contribution in [0.4, 0.5) is 0 Å². The van der Waals surface area contributed by atoms with Crippen LogP contribution in [-0.4, -0.2) is 32.5 Å². The van der Waals surface area contributed by atoms with Crippen LogP contribution in [0.1, 0.15) is 93.5 Å². The number of allylic oxidation sites excluding steroid dienone is 2. The molecule has 6 nitrogen and oxygen atoms in total. The van der Waals surface area contributed by atoms with Gasteiger partial charge in [-0.05, 0) is 109 Å². The molecule has 4 aromatic carbocycles. The van der Waals surface area contributed by atoms with E-state index in [9.17, 15) is 4.79 Å². The Balaban J connectivity index is 0.000000499. The molecule has 1 fully saturated rings. The predicted octanol–water partition coefficient (Wildman–Crippen LogP) is 11.9. The molecule has 5 rings (SSSR count). The summed E-state index contributed by atoms with van der Waals surface area (Å²) in [5.41, 5.74) is 6.58. The second-order valence-electron chi connectivity index (χ2n) is 12.1. The van der Waals surface area contributed by atoms with Crippen LogP contribution in [0.15, 0.2) is 97.1 Å². The van der Waals surface area contributed by atoms with Crippen molar-refractivity contribution in [3.8, 4) is 17.2 Å². The standard InChI is InChI=1S/C34H37NO4.C9H12O.C2H6/c1-3-5-6-7-10-25-13-14-28-23-31(17-15-27(28)21-25)39-34(26-11-8-12-26)29-16-18-32(30(22-29)24-35)37-19-9-20-38-33(36)4-2;1-7-4-5-9(10-3)8(2)6-7;1-2/h4,7,10,13-18,21-24,35H,2-3,5-6,8-9,11-12,19-20H2,1H3;4-6H,1-3H3;1-2H3/b10-7-,35-24?;;. The maximum atomic E-state index is 11.2. The van der Waals surface area contributed by atoms with Gasteiger partial charge in [0.25, 0.3) is 0 Å². The number of fused-ring (bicyclic) bond motifs is 1. The maximum Gasteiger partial charge on any atom is 0.330 e. The Morgan fingerprint density at radius 2 is 1.63 bits per heavy atom. The fourth-order valence-electron chi connectivity index (χ4n) is 5.42. The molecule has 0 unspecified atom stereocenters. The van der Waals surface area contributed by atoms with Crippen molar-refractivity contribution in [1.82, 2.24) is 0 Å². The number of methoxy groups -OCH3 is 1. The van der Waals surface area contributed by atoms with Gasteiger partial charge in [-0.2, -0.15) is 0 Å². The highest BCUT2D eigenvalue weighted by Crippen LogP contribution is 2.37. The number of benzene rings is 4. The normalized spacial score (nSPS) is 11.7. The van der Waals surface area contributed by atoms with Crippen molar-refractivity contribution in [3.63, 3.8) is 0 Å². The highest BCUT2D eigenvalue weighted by atomic mass is 16.5. The minimum atomic E-state index is -0.442. The third kappa shape index (κ3) is 12.6. The van der Waals surface area contributed by atoms with Gasteiger partial charge < -0.3 is 24.4 Å². The quantitative estimate of drug-likeness (QED) is 0.0442. The lowest BCUT2D eigenvalue weighted by Gasteiger charge is -2.23. The zero-order valence-electron chi connectivity index (χ0n) is 31.3. The number of esters is 1. The molecular weight excluding hydrogens is 634 g/mol. The molecule has 0 amide bonds. The van der Waals surface area contributed by atoms with Crippen molar-refractivity contribution >= 4 is 34.8 Å². The van der Waals surface area contributed by atoms with Crippen molar-refractivity contribution in [2.24, 2.45) is 0 Å². The summed E-state index contributed by atoms with van der Waals surface area (Å²) in [4.78, 5) is 11.2. The third-order valence-corrected chi connectivity index (χ3v) is 8.30. The number of rotatable bonds is 15. The van der Waals surface area contributed by atoms with Crippen LogP contribution in [0.5, 0.6) is 17.2 Å². The Labute approximate surface area is 305 Å². The summed E-state index contributed by atoms with van der Waals surface area (Å²) in [7, 11) is 1.69. The fraction of sp³-hybridized carbons (Fsp3) is 0.333. The van der Waals surface area contributed by atoms with Gasteiger partial charge in [0.15, 0.2) is 0 Å². The maximum absolute atomic E-state index is 11.2. The van der Waals surface area contributed by atoms with Crippen molar-refractivity contribution in [2.75, 3.05) is 20.3 Å². The first-order valence-electron chi connectivity index (χ1n) is 18.1. The molecule has 0 heterocycles. The molecule has 0 saturated heterocycles. The lowest BCUT2D eigenvalue weighted by atomic mass is 9.89. The van der Waals surface area contributed by atoms with Crippen molar-refractivity contribution in [2.45, 2.75) is 79.6 Å². The number of unbranched alkanes of at least 4 members (excludes halogenated alkanes) is 2. The van der Waals surface area contributed by atoms with Crippen LogP contribution in [0.3, 0.4) is 0 Å². The highest BCUT2D eigenvalue weighted by Gasteiger charge is 2.20. The number of ether oxygens (including phenoxy) is 4. The minimum Gasteiger partial charge on any atom is -0.496 e. The van der Waals surface area contributed by atoms with E-state index < -0.39 is 5.97 Å². The van der Waals surface area contributed by atoms with E-state index in [0.29, 0.717) is 24.3 Å². The van der Waals surface area contributed by atoms with Crippen LogP contribution in [0.2, 0.25) is 0 Å². The Hall–Kier alpha value is -5.10. The van der Waals surface area contributed by atoms with Gasteiger partial charge in [-0.25, -0.2) is 4.79 Å². The summed E-state index contributed by atoms with van der Waals surface area (Å²) >= 11 is 0. The lowest BCUT2D eigenvalue weighted by molar-refractivity contribution is -0.137. The summed E-state index contributed by atoms with van der Waals surface area (Å²) in [5.74, 6) is 2.80. The van der Waals surface area contributed by atoms with Crippen LogP contribution < -0.4 is 14.2 Å². The summed E-state index contributed by atoms with van der Waals surface area (Å²) in [6.45, 7) is 14.4. The van der Waals surface area contributed by atoms with E-state index in [1.165, 1.54) is 46.7 Å². The van der Waals surface area contributed by atoms with Gasteiger partial charge in [0.1, 0.15) is 23.0 Å². The molecule has 4 aromatic rings. The smallest absolute Gasteiger partial charge is 0.330 e. The molecule has 1 saturated carbocycles. The number of carbonyl (C=O) groups excluding carboxylic acids is 1. The van der Waals surface area contributed by atoms with E-state index in [1.807, 2.05) is 57.2 Å². The van der Waals surface area contributed by atoms with Crippen molar-refractivity contribution in [1.29, 1.82) is 5.41 Å². The first kappa shape index (κ1) is 40.3. The van der Waals surface area contributed by atoms with E-state index >= 15 is 0 Å². The molecule has 6 heteroatoms. The molecular formula is C45H55NO5. The highest BCUT2D eigenvalue weighted by molar-refractivity contribution is 5.87. The second kappa shape index (κ2) is 21.9. The monoisotopic (exact) mass is 689 g/mol. The Morgan fingerprint density at radius 3 is 2.29 bits per heavy atom. The SMILES string of the molecule is C=CC(=O)OCCCOc1ccc(C(Oc2ccc3cc(/C=C\CCCC)ccc3c2)=C2CCC2)cc1C=N.CC.COc1ccc(C)cc1C. The van der Waals surface area contributed by atoms with Crippen LogP contribution in [-0.2, 0) is 9.53 Å². The number of hydrogen-bond donors (Lipinski definition) is 1. The molecule has 0 radical (unpaired) electrons. The largest absolute Gasteiger partial charge is 0.496 e. The van der Waals surface area contributed by atoms with Crippen LogP contribution >= 0.6 is 0 Å². The Kier molecular flexibility index (Phi) is 17.3. The average molecular weight is 690 g/mol. The number of hydrogen-bond acceptors (Lipinski definition) is 6. The average Bonchev–Trinajstić information content (AvgIpc) is 3.13. The van der Waals surface area contributed by atoms with Crippen LogP contribution in [0.25, 0.3) is 22.6 Å². The van der Waals surface area contributed by atoms with E-state index in [-0.39, 0.29) is 6.61 Å². The number of carbonyl (C=O) groups is 1. The van der Waals surface area contributed by atoms with Gasteiger partial charge in [-0.3, -0.25) is 0 Å². The fourth-order valence-corrected chi connectivity index (χ4v) is 5.42. The number of aryl methyl sites for hydroxylation is 2. The van der Waals surface area contributed by atoms with Crippen LogP contribution in [0, 0.1) is 19.3 Å². The van der Waals surface area contributed by atoms with Gasteiger partial charge in [-0.1, -0.05) is 88.2 Å². The van der Waals surface area contributed by atoms with E-state index in [1.54, 1.807) is 7.11 Å². The van der Waals surface area contributed by atoms with E-state index in [4.69, 9.17) is 24.4 Å². The Morgan fingerprint density at radius 1 is 0.882 bits per heavy atom. The molecule has 1 aliphatic rings. The number of nitrogens with one attached hydrogen (secondary N) is 1. The van der Waals surface area contributed by atoms with Crippen molar-refractivity contribution in [3.05, 3.63) is 125 Å². The lowest BCUT2D eigenvalue weighted by Crippen LogP contribution is -2.09. The van der Waals surface area contributed by atoms with Gasteiger partial charge in [0.2, 0.25) is 0 Å². The predicted molar refractivity (Wildman–Crippen MR) is 213 cm³/mol. The second-order valence-corrected chi connectivity index (χ2v) is 12.1. The molecule has 0 atom stereocenters. The summed E-state index contributed by atoms with van der Waals surface area (Å²) < 4.78 is 22.5. The van der Waals surface area contributed by atoms with E-state index in [2.05, 4.69) is 69.0 Å². The molecule has 270 valence electrons. The molecule has 51 heavy (non-hydrogen) atoms. The molecule has 1 N–H and O–H groups in total. The molecule has 0 spiro atoms. The van der Waals surface area contributed by atoms with Gasteiger partial charge in [0, 0.05) is 29.8 Å². The van der Waals surface area contributed by atoms with Gasteiger partial charge >= 0.3 is 5.97 Å². The topological polar surface area (TPSA) is 77.8 Å². The first-order chi connectivity index (χ1) is 24.8. The first-order valence-corrected chi connectivity index (χ1v) is 18.1. The Bertz CT molecular complexity index is 1800. The summed E-state index contributed by atoms with van der Waals surface area (Å²) in [6.07, 6.45) is 14.2. The van der Waals surface area contributed by atoms with Crippen molar-refractivity contribution < 1.29 is 23.7 Å². The third-order valence-electron chi connectivity index (χ3n) is 8.30. The molecule has 0 aromatic heterocycles.